The predicted octanol–water partition coefficient (Wildman–Crippen LogP) is 2.06. The fourth-order valence-electron chi connectivity index (χ4n) is 4.14. The number of hydrogen-bond acceptors (Lipinski definition) is 5. The summed E-state index contributed by atoms with van der Waals surface area (Å²) < 4.78 is 5.45. The molecule has 3 fully saturated rings. The van der Waals surface area contributed by atoms with Crippen LogP contribution in [0, 0.1) is 5.92 Å². The third kappa shape index (κ3) is 3.62. The predicted molar refractivity (Wildman–Crippen MR) is 90.4 cm³/mol. The Balaban J connectivity index is 1.27. The van der Waals surface area contributed by atoms with Gasteiger partial charge < -0.3 is 14.7 Å². The van der Waals surface area contributed by atoms with Crippen LogP contribution in [-0.2, 0) is 6.54 Å². The Kier molecular flexibility index (Phi) is 4.43. The monoisotopic (exact) mass is 318 g/mol. The van der Waals surface area contributed by atoms with E-state index in [1.807, 2.05) is 0 Å². The molecular formula is C18H30N4O. The van der Waals surface area contributed by atoms with Crippen LogP contribution in [-0.4, -0.2) is 60.3 Å². The maximum Gasteiger partial charge on any atom is 0.140 e. The first-order valence-corrected chi connectivity index (χ1v) is 9.30. The highest BCUT2D eigenvalue weighted by molar-refractivity contribution is 5.14. The minimum absolute atomic E-state index is 0.579. The minimum Gasteiger partial charge on any atom is -0.361 e. The lowest BCUT2D eigenvalue weighted by atomic mass is 10.0. The number of nitrogens with zero attached hydrogens (tertiary/aromatic N) is 3. The lowest BCUT2D eigenvalue weighted by Crippen LogP contribution is -2.43. The summed E-state index contributed by atoms with van der Waals surface area (Å²) in [6.07, 6.45) is 5.19. The Bertz CT molecular complexity index is 519. The lowest BCUT2D eigenvalue weighted by molar-refractivity contribution is 0.139. The van der Waals surface area contributed by atoms with Gasteiger partial charge in [-0.05, 0) is 51.7 Å². The van der Waals surface area contributed by atoms with Crippen molar-refractivity contribution in [2.45, 2.75) is 57.2 Å². The largest absolute Gasteiger partial charge is 0.361 e. The van der Waals surface area contributed by atoms with Crippen molar-refractivity contribution in [2.24, 2.45) is 5.92 Å². The summed E-state index contributed by atoms with van der Waals surface area (Å²) in [5.41, 5.74) is 1.07. The third-order valence-corrected chi connectivity index (χ3v) is 5.95. The molecule has 128 valence electrons. The van der Waals surface area contributed by atoms with Gasteiger partial charge in [-0.3, -0.25) is 4.90 Å². The molecule has 23 heavy (non-hydrogen) atoms. The van der Waals surface area contributed by atoms with Crippen molar-refractivity contribution >= 4 is 0 Å². The topological polar surface area (TPSA) is 44.5 Å². The Morgan fingerprint density at radius 3 is 2.74 bits per heavy atom. The van der Waals surface area contributed by atoms with Crippen LogP contribution in [0.5, 0.6) is 0 Å². The summed E-state index contributed by atoms with van der Waals surface area (Å²) in [7, 11) is 2.24. The average molecular weight is 318 g/mol. The molecule has 0 radical (unpaired) electrons. The number of aromatic nitrogens is 1. The van der Waals surface area contributed by atoms with Crippen LogP contribution in [0.4, 0.5) is 0 Å². The molecule has 3 aliphatic rings. The SMILES string of the molecule is C[C@@H]1CN(C2CCN(C)CC2)C[C@@H]1NCc1cc(C2CC2)on1. The van der Waals surface area contributed by atoms with Crippen molar-refractivity contribution in [3.63, 3.8) is 0 Å². The summed E-state index contributed by atoms with van der Waals surface area (Å²) in [6, 6.07) is 3.52. The number of rotatable bonds is 5. The zero-order valence-electron chi connectivity index (χ0n) is 14.5. The van der Waals surface area contributed by atoms with E-state index in [9.17, 15) is 0 Å². The van der Waals surface area contributed by atoms with Gasteiger partial charge in [0, 0.05) is 43.7 Å². The molecule has 0 aromatic carbocycles. The molecule has 3 heterocycles. The molecule has 1 saturated carbocycles. The van der Waals surface area contributed by atoms with Gasteiger partial charge in [-0.25, -0.2) is 0 Å². The molecule has 5 heteroatoms. The third-order valence-electron chi connectivity index (χ3n) is 5.95. The van der Waals surface area contributed by atoms with Crippen LogP contribution in [0.2, 0.25) is 0 Å². The maximum absolute atomic E-state index is 5.45. The van der Waals surface area contributed by atoms with Gasteiger partial charge in [-0.15, -0.1) is 0 Å². The second-order valence-corrected chi connectivity index (χ2v) is 7.95. The Morgan fingerprint density at radius 2 is 2.00 bits per heavy atom. The van der Waals surface area contributed by atoms with Crippen molar-refractivity contribution < 1.29 is 4.52 Å². The van der Waals surface area contributed by atoms with Crippen molar-refractivity contribution in [1.29, 1.82) is 0 Å². The molecule has 1 aliphatic carbocycles. The second kappa shape index (κ2) is 6.54. The van der Waals surface area contributed by atoms with Crippen molar-refractivity contribution in [1.82, 2.24) is 20.3 Å². The molecule has 4 rings (SSSR count). The fraction of sp³-hybridized carbons (Fsp3) is 0.833. The molecule has 0 unspecified atom stereocenters. The van der Waals surface area contributed by atoms with E-state index >= 15 is 0 Å². The van der Waals surface area contributed by atoms with E-state index in [1.165, 1.54) is 51.9 Å². The van der Waals surface area contributed by atoms with E-state index in [4.69, 9.17) is 4.52 Å². The molecule has 0 amide bonds. The molecule has 5 nitrogen and oxygen atoms in total. The Morgan fingerprint density at radius 1 is 1.22 bits per heavy atom. The average Bonchev–Trinajstić information content (AvgIpc) is 3.18. The molecule has 2 atom stereocenters. The second-order valence-electron chi connectivity index (χ2n) is 7.95. The highest BCUT2D eigenvalue weighted by atomic mass is 16.5. The highest BCUT2D eigenvalue weighted by Gasteiger charge is 2.34. The standard InChI is InChI=1S/C18H30N4O/c1-13-11-22(16-5-7-21(2)8-6-16)12-17(13)19-10-15-9-18(23-20-15)14-3-4-14/h9,13-14,16-17,19H,3-8,10-12H2,1-2H3/t13-,17+/m1/s1. The molecule has 1 N–H and O–H groups in total. The zero-order chi connectivity index (χ0) is 15.8. The van der Waals surface area contributed by atoms with E-state index < -0.39 is 0 Å². The number of piperidine rings is 1. The van der Waals surface area contributed by atoms with Crippen molar-refractivity contribution in [3.8, 4) is 0 Å². The molecule has 1 aromatic rings. The van der Waals surface area contributed by atoms with Crippen LogP contribution in [0.1, 0.15) is 50.0 Å². The first-order valence-electron chi connectivity index (χ1n) is 9.30. The zero-order valence-corrected chi connectivity index (χ0v) is 14.5. The molecular weight excluding hydrogens is 288 g/mol. The van der Waals surface area contributed by atoms with Gasteiger partial charge in [0.15, 0.2) is 0 Å². The van der Waals surface area contributed by atoms with Crippen molar-refractivity contribution in [3.05, 3.63) is 17.5 Å². The van der Waals surface area contributed by atoms with E-state index in [2.05, 4.69) is 40.3 Å². The number of likely N-dealkylation sites (tertiary alicyclic amines) is 2. The van der Waals surface area contributed by atoms with E-state index in [0.29, 0.717) is 17.9 Å². The highest BCUT2D eigenvalue weighted by Crippen LogP contribution is 2.40. The molecule has 2 saturated heterocycles. The van der Waals surface area contributed by atoms with Gasteiger partial charge in [0.05, 0.1) is 5.69 Å². The number of nitrogens with one attached hydrogen (secondary N) is 1. The molecule has 0 bridgehead atoms. The van der Waals surface area contributed by atoms with Crippen LogP contribution in [0.3, 0.4) is 0 Å². The molecule has 2 aliphatic heterocycles. The van der Waals surface area contributed by atoms with Crippen LogP contribution in [0.25, 0.3) is 0 Å². The van der Waals surface area contributed by atoms with E-state index in [0.717, 1.165) is 24.0 Å². The summed E-state index contributed by atoms with van der Waals surface area (Å²) >= 11 is 0. The summed E-state index contributed by atoms with van der Waals surface area (Å²) in [5.74, 6) is 2.46. The minimum atomic E-state index is 0.579. The smallest absolute Gasteiger partial charge is 0.140 e. The maximum atomic E-state index is 5.45. The quantitative estimate of drug-likeness (QED) is 0.900. The van der Waals surface area contributed by atoms with Gasteiger partial charge in [0.1, 0.15) is 5.76 Å². The van der Waals surface area contributed by atoms with Crippen LogP contribution < -0.4 is 5.32 Å². The van der Waals surface area contributed by atoms with Gasteiger partial charge in [0.25, 0.3) is 0 Å². The number of hydrogen-bond donors (Lipinski definition) is 1. The van der Waals surface area contributed by atoms with Gasteiger partial charge in [-0.1, -0.05) is 12.1 Å². The molecule has 1 aromatic heterocycles. The fourth-order valence-corrected chi connectivity index (χ4v) is 4.14. The Labute approximate surface area is 139 Å². The van der Waals surface area contributed by atoms with Crippen LogP contribution in [0.15, 0.2) is 10.6 Å². The Hall–Kier alpha value is -0.910. The van der Waals surface area contributed by atoms with Gasteiger partial charge in [0.2, 0.25) is 0 Å². The first kappa shape index (κ1) is 15.6. The summed E-state index contributed by atoms with van der Waals surface area (Å²) in [4.78, 5) is 5.17. The van der Waals surface area contributed by atoms with Gasteiger partial charge in [-0.2, -0.15) is 0 Å². The van der Waals surface area contributed by atoms with Gasteiger partial charge >= 0.3 is 0 Å². The first-order chi connectivity index (χ1) is 11.2. The van der Waals surface area contributed by atoms with E-state index in [-0.39, 0.29) is 0 Å². The summed E-state index contributed by atoms with van der Waals surface area (Å²) in [6.45, 7) is 8.13. The normalized spacial score (nSPS) is 31.0. The van der Waals surface area contributed by atoms with E-state index in [1.54, 1.807) is 0 Å². The van der Waals surface area contributed by atoms with Crippen LogP contribution >= 0.6 is 0 Å². The van der Waals surface area contributed by atoms with Crippen molar-refractivity contribution in [2.75, 3.05) is 33.2 Å². The lowest BCUT2D eigenvalue weighted by Gasteiger charge is -2.35. The molecule has 0 spiro atoms. The summed E-state index contributed by atoms with van der Waals surface area (Å²) in [5, 5.41) is 7.95.